The first-order chi connectivity index (χ1) is 11.9. The molecule has 0 aliphatic carbocycles. The van der Waals surface area contributed by atoms with E-state index in [2.05, 4.69) is 26.1 Å². The molecule has 6 nitrogen and oxygen atoms in total. The molecule has 1 aliphatic heterocycles. The predicted molar refractivity (Wildman–Crippen MR) is 90.9 cm³/mol. The number of para-hydroxylation sites is 1. The lowest BCUT2D eigenvalue weighted by Crippen LogP contribution is -2.42. The largest absolute Gasteiger partial charge is 0.451 e. The maximum atomic E-state index is 13.0. The summed E-state index contributed by atoms with van der Waals surface area (Å²) < 4.78 is 44.3. The number of benzene rings is 1. The molecule has 0 spiro atoms. The van der Waals surface area contributed by atoms with Gasteiger partial charge in [0.15, 0.2) is 10.9 Å². The van der Waals surface area contributed by atoms with Crippen LogP contribution in [0.1, 0.15) is 18.7 Å². The third-order valence-electron chi connectivity index (χ3n) is 3.67. The van der Waals surface area contributed by atoms with Crippen molar-refractivity contribution < 1.29 is 17.9 Å². The zero-order chi connectivity index (χ0) is 17.9. The minimum atomic E-state index is -4.64. The smallest absolute Gasteiger partial charge is 0.376 e. The number of anilines is 1. The number of thiocarbonyl (C=S) groups is 1. The van der Waals surface area contributed by atoms with Crippen LogP contribution in [0.3, 0.4) is 0 Å². The molecule has 1 aliphatic rings. The van der Waals surface area contributed by atoms with Crippen LogP contribution in [0.15, 0.2) is 24.3 Å². The van der Waals surface area contributed by atoms with Gasteiger partial charge in [-0.15, -0.1) is 0 Å². The van der Waals surface area contributed by atoms with Crippen LogP contribution >= 0.6 is 12.2 Å². The molecule has 0 amide bonds. The van der Waals surface area contributed by atoms with Crippen LogP contribution in [0.25, 0.3) is 10.9 Å². The van der Waals surface area contributed by atoms with Gasteiger partial charge >= 0.3 is 6.18 Å². The van der Waals surface area contributed by atoms with Crippen LogP contribution in [0.2, 0.25) is 0 Å². The predicted octanol–water partition coefficient (Wildman–Crippen LogP) is 2.62. The number of nitrogens with zero attached hydrogens (tertiary/aromatic N) is 2. The summed E-state index contributed by atoms with van der Waals surface area (Å²) in [7, 11) is 0. The van der Waals surface area contributed by atoms with Gasteiger partial charge in [0, 0.05) is 18.5 Å². The second kappa shape index (κ2) is 7.36. The lowest BCUT2D eigenvalue weighted by Gasteiger charge is -2.16. The van der Waals surface area contributed by atoms with E-state index in [4.69, 9.17) is 17.0 Å². The summed E-state index contributed by atoms with van der Waals surface area (Å²) in [5.41, 5.74) is 5.47. The lowest BCUT2D eigenvalue weighted by molar-refractivity contribution is -0.144. The van der Waals surface area contributed by atoms with E-state index in [0.717, 1.165) is 19.4 Å². The summed E-state index contributed by atoms with van der Waals surface area (Å²) in [6.07, 6.45) is -2.58. The lowest BCUT2D eigenvalue weighted by atomic mass is 10.2. The SMILES string of the molecule is FC(F)(F)c1nc(NNC(=S)NC[C@@H]2CCCO2)c2ccccc2n1. The first-order valence-corrected chi connectivity index (χ1v) is 8.10. The average molecular weight is 371 g/mol. The Morgan fingerprint density at radius 1 is 1.28 bits per heavy atom. The number of hydrazine groups is 1. The molecular weight excluding hydrogens is 355 g/mol. The molecule has 0 bridgehead atoms. The Balaban J connectivity index is 1.70. The summed E-state index contributed by atoms with van der Waals surface area (Å²) >= 11 is 5.11. The zero-order valence-corrected chi connectivity index (χ0v) is 13.9. The van der Waals surface area contributed by atoms with Crippen LogP contribution in [0.5, 0.6) is 0 Å². The number of alkyl halides is 3. The first kappa shape index (κ1) is 17.6. The van der Waals surface area contributed by atoms with Crippen molar-refractivity contribution in [2.45, 2.75) is 25.1 Å². The van der Waals surface area contributed by atoms with Gasteiger partial charge in [0.2, 0.25) is 5.82 Å². The van der Waals surface area contributed by atoms with Crippen LogP contribution in [-0.4, -0.2) is 34.3 Å². The van der Waals surface area contributed by atoms with E-state index in [1.807, 2.05) is 0 Å². The fourth-order valence-corrected chi connectivity index (χ4v) is 2.61. The first-order valence-electron chi connectivity index (χ1n) is 7.69. The van der Waals surface area contributed by atoms with E-state index >= 15 is 0 Å². The van der Waals surface area contributed by atoms with E-state index in [1.165, 1.54) is 6.07 Å². The molecule has 2 aromatic rings. The standard InChI is InChI=1S/C15H16F3N5OS/c16-15(17,18)13-20-11-6-2-1-5-10(11)12(21-13)22-23-14(25)19-8-9-4-3-7-24-9/h1-2,5-6,9H,3-4,7-8H2,(H2,19,23,25)(H,20,21,22)/t9-/m0/s1. The highest BCUT2D eigenvalue weighted by molar-refractivity contribution is 7.80. The third kappa shape index (κ3) is 4.45. The fourth-order valence-electron chi connectivity index (χ4n) is 2.47. The number of hydrogen-bond donors (Lipinski definition) is 3. The molecule has 25 heavy (non-hydrogen) atoms. The molecule has 1 saturated heterocycles. The van der Waals surface area contributed by atoms with Crippen molar-refractivity contribution in [2.75, 3.05) is 18.6 Å². The van der Waals surface area contributed by atoms with Gasteiger partial charge in [-0.25, -0.2) is 9.97 Å². The number of hydrogen-bond acceptors (Lipinski definition) is 5. The monoisotopic (exact) mass is 371 g/mol. The summed E-state index contributed by atoms with van der Waals surface area (Å²) in [4.78, 5) is 7.11. The Labute approximate surface area is 147 Å². The summed E-state index contributed by atoms with van der Waals surface area (Å²) in [6.45, 7) is 1.27. The second-order valence-electron chi connectivity index (χ2n) is 5.51. The van der Waals surface area contributed by atoms with Crippen molar-refractivity contribution in [2.24, 2.45) is 0 Å². The number of fused-ring (bicyclic) bond motifs is 1. The van der Waals surface area contributed by atoms with E-state index in [-0.39, 0.29) is 22.6 Å². The molecule has 3 rings (SSSR count). The highest BCUT2D eigenvalue weighted by Gasteiger charge is 2.35. The molecule has 2 heterocycles. The Morgan fingerprint density at radius 3 is 2.80 bits per heavy atom. The van der Waals surface area contributed by atoms with Gasteiger partial charge in [0.25, 0.3) is 0 Å². The van der Waals surface area contributed by atoms with Gasteiger partial charge in [-0.2, -0.15) is 13.2 Å². The summed E-state index contributed by atoms with van der Waals surface area (Å²) in [6, 6.07) is 6.42. The number of nitrogens with one attached hydrogen (secondary N) is 3. The average Bonchev–Trinajstić information content (AvgIpc) is 3.10. The van der Waals surface area contributed by atoms with Crippen molar-refractivity contribution in [1.82, 2.24) is 20.7 Å². The molecule has 1 aromatic heterocycles. The molecule has 134 valence electrons. The van der Waals surface area contributed by atoms with Gasteiger partial charge < -0.3 is 10.1 Å². The number of ether oxygens (including phenoxy) is 1. The van der Waals surface area contributed by atoms with Crippen molar-refractivity contribution >= 4 is 34.1 Å². The van der Waals surface area contributed by atoms with Gasteiger partial charge in [-0.1, -0.05) is 12.1 Å². The Kier molecular flexibility index (Phi) is 5.19. The van der Waals surface area contributed by atoms with Crippen molar-refractivity contribution in [3.05, 3.63) is 30.1 Å². The minimum Gasteiger partial charge on any atom is -0.376 e. The maximum absolute atomic E-state index is 13.0. The van der Waals surface area contributed by atoms with Crippen LogP contribution in [0.4, 0.5) is 19.0 Å². The Hall–Kier alpha value is -2.20. The highest BCUT2D eigenvalue weighted by Crippen LogP contribution is 2.29. The molecule has 0 radical (unpaired) electrons. The van der Waals surface area contributed by atoms with Crippen molar-refractivity contribution in [3.63, 3.8) is 0 Å². The number of rotatable bonds is 4. The highest BCUT2D eigenvalue weighted by atomic mass is 32.1. The van der Waals surface area contributed by atoms with Gasteiger partial charge in [0.05, 0.1) is 11.6 Å². The molecular formula is C15H16F3N5OS. The molecule has 1 fully saturated rings. The molecule has 0 saturated carbocycles. The molecule has 10 heteroatoms. The number of aromatic nitrogens is 2. The van der Waals surface area contributed by atoms with Crippen molar-refractivity contribution in [3.8, 4) is 0 Å². The van der Waals surface area contributed by atoms with Gasteiger partial charge in [0.1, 0.15) is 0 Å². The fraction of sp³-hybridized carbons (Fsp3) is 0.400. The maximum Gasteiger partial charge on any atom is 0.451 e. The molecule has 3 N–H and O–H groups in total. The second-order valence-corrected chi connectivity index (χ2v) is 5.91. The summed E-state index contributed by atoms with van der Waals surface area (Å²) in [5.74, 6) is -1.21. The van der Waals surface area contributed by atoms with Gasteiger partial charge in [-0.05, 0) is 37.2 Å². The quantitative estimate of drug-likeness (QED) is 0.564. The van der Waals surface area contributed by atoms with E-state index < -0.39 is 12.0 Å². The Bertz CT molecular complexity index is 764. The topological polar surface area (TPSA) is 71.1 Å². The zero-order valence-electron chi connectivity index (χ0n) is 13.1. The van der Waals surface area contributed by atoms with Crippen LogP contribution in [0, 0.1) is 0 Å². The molecule has 0 unspecified atom stereocenters. The van der Waals surface area contributed by atoms with Gasteiger partial charge in [-0.3, -0.25) is 10.9 Å². The van der Waals surface area contributed by atoms with Crippen molar-refractivity contribution in [1.29, 1.82) is 0 Å². The Morgan fingerprint density at radius 2 is 2.08 bits per heavy atom. The normalized spacial score (nSPS) is 17.5. The molecule has 1 atom stereocenters. The van der Waals surface area contributed by atoms with E-state index in [9.17, 15) is 13.2 Å². The van der Waals surface area contributed by atoms with Crippen LogP contribution < -0.4 is 16.2 Å². The van der Waals surface area contributed by atoms with Crippen LogP contribution in [-0.2, 0) is 10.9 Å². The van der Waals surface area contributed by atoms with E-state index in [1.54, 1.807) is 18.2 Å². The third-order valence-corrected chi connectivity index (χ3v) is 3.91. The molecule has 1 aromatic carbocycles. The number of halogens is 3. The van der Waals surface area contributed by atoms with E-state index in [0.29, 0.717) is 11.9 Å². The summed E-state index contributed by atoms with van der Waals surface area (Å²) in [5, 5.41) is 3.65. The minimum absolute atomic E-state index is 0.000749.